The number of rotatable bonds is 11. The average molecular weight is 517 g/mol. The van der Waals surface area contributed by atoms with Crippen LogP contribution in [0.15, 0.2) is 47.5 Å². The molecular weight excluding hydrogens is 488 g/mol. The van der Waals surface area contributed by atoms with Crippen molar-refractivity contribution in [2.75, 3.05) is 32.8 Å². The van der Waals surface area contributed by atoms with Crippen LogP contribution in [0.1, 0.15) is 20.3 Å². The number of anilines is 1. The molecule has 2 amide bonds. The summed E-state index contributed by atoms with van der Waals surface area (Å²) >= 11 is 1.16. The smallest absolute Gasteiger partial charge is 0.296 e. The normalized spacial score (nSPS) is 17.2. The van der Waals surface area contributed by atoms with Crippen molar-refractivity contribution in [2.24, 2.45) is 4.99 Å². The van der Waals surface area contributed by atoms with Crippen LogP contribution < -0.4 is 14.8 Å². The van der Waals surface area contributed by atoms with Crippen LogP contribution >= 0.6 is 11.8 Å². The van der Waals surface area contributed by atoms with E-state index in [9.17, 15) is 19.7 Å². The molecule has 1 N–H and O–H groups in total. The molecule has 192 valence electrons. The number of nitro benzene ring substituents is 1. The van der Waals surface area contributed by atoms with Gasteiger partial charge >= 0.3 is 0 Å². The Morgan fingerprint density at radius 2 is 2.03 bits per heavy atom. The summed E-state index contributed by atoms with van der Waals surface area (Å²) in [6.45, 7) is 4.43. The van der Waals surface area contributed by atoms with Crippen molar-refractivity contribution in [2.45, 2.75) is 31.6 Å². The van der Waals surface area contributed by atoms with E-state index >= 15 is 0 Å². The number of nitrogens with zero attached hydrogens (tertiary/aromatic N) is 3. The molecule has 2 aromatic carbocycles. The zero-order valence-electron chi connectivity index (χ0n) is 20.4. The van der Waals surface area contributed by atoms with E-state index in [0.29, 0.717) is 23.2 Å². The van der Waals surface area contributed by atoms with Crippen LogP contribution in [0.4, 0.5) is 17.1 Å². The molecule has 3 rings (SSSR count). The first-order chi connectivity index (χ1) is 17.3. The number of hydrogen-bond acceptors (Lipinski definition) is 9. The zero-order valence-corrected chi connectivity index (χ0v) is 21.2. The predicted octanol–water partition coefficient (Wildman–Crippen LogP) is 4.00. The van der Waals surface area contributed by atoms with Gasteiger partial charge in [0.2, 0.25) is 11.8 Å². The SMILES string of the molecule is CCOc1ccccc1N=C1SC(CC(=O)Nc2ccc(OC)cc2[N+](=O)[O-])C(=O)N1C(C)COC. The van der Waals surface area contributed by atoms with Gasteiger partial charge < -0.3 is 19.5 Å². The van der Waals surface area contributed by atoms with E-state index in [1.807, 2.05) is 26.0 Å². The summed E-state index contributed by atoms with van der Waals surface area (Å²) in [5.74, 6) is 0.0334. The van der Waals surface area contributed by atoms with Crippen molar-refractivity contribution >= 4 is 45.8 Å². The Morgan fingerprint density at radius 1 is 1.28 bits per heavy atom. The van der Waals surface area contributed by atoms with Gasteiger partial charge in [0.1, 0.15) is 28.1 Å². The Labute approximate surface area is 213 Å². The van der Waals surface area contributed by atoms with Crippen molar-refractivity contribution in [3.05, 3.63) is 52.6 Å². The Kier molecular flexibility index (Phi) is 9.25. The van der Waals surface area contributed by atoms with Gasteiger partial charge in [0, 0.05) is 13.5 Å². The van der Waals surface area contributed by atoms with Crippen molar-refractivity contribution in [3.8, 4) is 11.5 Å². The van der Waals surface area contributed by atoms with E-state index in [4.69, 9.17) is 14.2 Å². The monoisotopic (exact) mass is 516 g/mol. The lowest BCUT2D eigenvalue weighted by Crippen LogP contribution is -2.42. The number of amidine groups is 1. The van der Waals surface area contributed by atoms with E-state index in [2.05, 4.69) is 10.3 Å². The van der Waals surface area contributed by atoms with Crippen LogP contribution in [-0.2, 0) is 14.3 Å². The lowest BCUT2D eigenvalue weighted by molar-refractivity contribution is -0.384. The number of carbonyl (C=O) groups is 2. The van der Waals surface area contributed by atoms with E-state index in [-0.39, 0.29) is 42.1 Å². The average Bonchev–Trinajstić information content (AvgIpc) is 3.14. The Hall–Kier alpha value is -3.64. The largest absolute Gasteiger partial charge is 0.496 e. The van der Waals surface area contributed by atoms with Gasteiger partial charge in [-0.05, 0) is 38.1 Å². The number of amides is 2. The second kappa shape index (κ2) is 12.4. The number of nitro groups is 1. The maximum absolute atomic E-state index is 13.3. The fraction of sp³-hybridized carbons (Fsp3) is 0.375. The van der Waals surface area contributed by atoms with Crippen LogP contribution in [0.3, 0.4) is 0 Å². The van der Waals surface area contributed by atoms with Gasteiger partial charge in [-0.2, -0.15) is 0 Å². The Morgan fingerprint density at radius 3 is 2.69 bits per heavy atom. The summed E-state index contributed by atoms with van der Waals surface area (Å²) in [6, 6.07) is 11.0. The summed E-state index contributed by atoms with van der Waals surface area (Å²) < 4.78 is 15.9. The van der Waals surface area contributed by atoms with Crippen LogP contribution in [-0.4, -0.2) is 65.5 Å². The highest BCUT2D eigenvalue weighted by molar-refractivity contribution is 8.15. The number of carbonyl (C=O) groups excluding carboxylic acids is 2. The van der Waals surface area contributed by atoms with Crippen LogP contribution in [0.5, 0.6) is 11.5 Å². The molecule has 11 nitrogen and oxygen atoms in total. The molecule has 0 spiro atoms. The van der Waals surface area contributed by atoms with Crippen LogP contribution in [0.25, 0.3) is 0 Å². The first-order valence-corrected chi connectivity index (χ1v) is 12.1. The third kappa shape index (κ3) is 6.32. The molecule has 12 heteroatoms. The van der Waals surface area contributed by atoms with Crippen molar-refractivity contribution in [1.82, 2.24) is 4.90 Å². The standard InChI is InChI=1S/C24H28N4O7S/c1-5-35-20-9-7-6-8-18(20)26-24-27(15(2)14-33-3)23(30)21(36-24)13-22(29)25-17-11-10-16(34-4)12-19(17)28(31)32/h6-12,15,21H,5,13-14H2,1-4H3,(H,25,29). The summed E-state index contributed by atoms with van der Waals surface area (Å²) in [6.07, 6.45) is -0.199. The number of aliphatic imine (C=N–C) groups is 1. The van der Waals surface area contributed by atoms with E-state index in [1.54, 1.807) is 12.1 Å². The molecule has 1 aliphatic rings. The van der Waals surface area contributed by atoms with Gasteiger partial charge in [-0.1, -0.05) is 23.9 Å². The first-order valence-electron chi connectivity index (χ1n) is 11.2. The Balaban J connectivity index is 1.84. The van der Waals surface area contributed by atoms with E-state index in [0.717, 1.165) is 11.8 Å². The maximum Gasteiger partial charge on any atom is 0.296 e. The molecule has 2 aromatic rings. The fourth-order valence-electron chi connectivity index (χ4n) is 3.61. The van der Waals surface area contributed by atoms with Gasteiger partial charge in [0.25, 0.3) is 5.69 Å². The second-order valence-corrected chi connectivity index (χ2v) is 8.98. The minimum absolute atomic E-state index is 0.0189. The molecule has 1 fully saturated rings. The third-order valence-electron chi connectivity index (χ3n) is 5.24. The predicted molar refractivity (Wildman–Crippen MR) is 137 cm³/mol. The van der Waals surface area contributed by atoms with Gasteiger partial charge in [0.05, 0.1) is 37.4 Å². The van der Waals surface area contributed by atoms with Gasteiger partial charge in [0.15, 0.2) is 5.17 Å². The molecular formula is C24H28N4O7S. The molecule has 0 saturated carbocycles. The van der Waals surface area contributed by atoms with Crippen LogP contribution in [0, 0.1) is 10.1 Å². The lowest BCUT2D eigenvalue weighted by Gasteiger charge is -2.23. The molecule has 0 radical (unpaired) electrons. The fourth-order valence-corrected chi connectivity index (χ4v) is 4.85. The molecule has 1 aliphatic heterocycles. The number of thioether (sulfide) groups is 1. The minimum Gasteiger partial charge on any atom is -0.496 e. The summed E-state index contributed by atoms with van der Waals surface area (Å²) in [5, 5.41) is 13.6. The van der Waals surface area contributed by atoms with Gasteiger partial charge in [-0.25, -0.2) is 4.99 Å². The number of ether oxygens (including phenoxy) is 3. The summed E-state index contributed by atoms with van der Waals surface area (Å²) in [5.41, 5.74) is 0.270. The topological polar surface area (TPSA) is 133 Å². The van der Waals surface area contributed by atoms with E-state index < -0.39 is 16.1 Å². The number of para-hydroxylation sites is 2. The summed E-state index contributed by atoms with van der Waals surface area (Å²) in [4.78, 5) is 43.2. The molecule has 1 saturated heterocycles. The minimum atomic E-state index is -0.764. The first kappa shape index (κ1) is 27.0. The number of benzene rings is 2. The Bertz CT molecular complexity index is 1160. The van der Waals surface area contributed by atoms with E-state index in [1.165, 1.54) is 37.3 Å². The highest BCUT2D eigenvalue weighted by atomic mass is 32.2. The molecule has 2 atom stereocenters. The summed E-state index contributed by atoms with van der Waals surface area (Å²) in [7, 11) is 2.93. The highest BCUT2D eigenvalue weighted by Gasteiger charge is 2.41. The third-order valence-corrected chi connectivity index (χ3v) is 6.39. The highest BCUT2D eigenvalue weighted by Crippen LogP contribution is 2.36. The van der Waals surface area contributed by atoms with Gasteiger partial charge in [-0.3, -0.25) is 24.6 Å². The van der Waals surface area contributed by atoms with Crippen molar-refractivity contribution < 1.29 is 28.7 Å². The van der Waals surface area contributed by atoms with Crippen molar-refractivity contribution in [3.63, 3.8) is 0 Å². The second-order valence-electron chi connectivity index (χ2n) is 7.81. The molecule has 0 aliphatic carbocycles. The molecule has 0 bridgehead atoms. The van der Waals surface area contributed by atoms with Gasteiger partial charge in [-0.15, -0.1) is 0 Å². The lowest BCUT2D eigenvalue weighted by atomic mass is 10.2. The van der Waals surface area contributed by atoms with Crippen LogP contribution in [0.2, 0.25) is 0 Å². The quantitative estimate of drug-likeness (QED) is 0.350. The number of methoxy groups -OCH3 is 2. The maximum atomic E-state index is 13.3. The molecule has 36 heavy (non-hydrogen) atoms. The number of hydrogen-bond donors (Lipinski definition) is 1. The molecule has 0 aromatic heterocycles. The molecule has 2 unspecified atom stereocenters. The molecule has 1 heterocycles. The zero-order chi connectivity index (χ0) is 26.2. The van der Waals surface area contributed by atoms with Crippen molar-refractivity contribution in [1.29, 1.82) is 0 Å². The number of nitrogens with one attached hydrogen (secondary N) is 1.